The molecule has 0 bridgehead atoms. The first-order valence-corrected chi connectivity index (χ1v) is 11.0. The Morgan fingerprint density at radius 1 is 1.15 bits per heavy atom. The van der Waals surface area contributed by atoms with Crippen molar-refractivity contribution in [1.29, 1.82) is 0 Å². The number of aliphatic hydroxyl groups is 1. The summed E-state index contributed by atoms with van der Waals surface area (Å²) in [6.45, 7) is 7.36. The van der Waals surface area contributed by atoms with Gasteiger partial charge in [0.1, 0.15) is 0 Å². The van der Waals surface area contributed by atoms with Gasteiger partial charge in [0.25, 0.3) is 0 Å². The minimum absolute atomic E-state index is 0.0181. The molecule has 4 rings (SSSR count). The lowest BCUT2D eigenvalue weighted by Gasteiger charge is -2.58. The highest BCUT2D eigenvalue weighted by molar-refractivity contribution is 5.32. The van der Waals surface area contributed by atoms with E-state index in [1.54, 1.807) is 18.3 Å². The molecule has 0 amide bonds. The Labute approximate surface area is 165 Å². The molecular weight excluding hydrogens is 334 g/mol. The second-order valence-electron chi connectivity index (χ2n) is 10.5. The number of aliphatic hydroxyl groups excluding tert-OH is 1. The molecule has 0 spiro atoms. The maximum Gasteiger partial charge on any atom is 0.0867 e. The van der Waals surface area contributed by atoms with Crippen LogP contribution in [-0.2, 0) is 4.74 Å². The number of rotatable bonds is 3. The zero-order chi connectivity index (χ0) is 19.6. The summed E-state index contributed by atoms with van der Waals surface area (Å²) >= 11 is 0. The van der Waals surface area contributed by atoms with Crippen molar-refractivity contribution in [3.63, 3.8) is 0 Å². The second kappa shape index (κ2) is 6.71. The molecule has 0 aliphatic heterocycles. The third kappa shape index (κ3) is 2.80. The molecule has 0 unspecified atom stereocenters. The number of allylic oxidation sites excluding steroid dienone is 2. The van der Waals surface area contributed by atoms with Crippen LogP contribution in [0.15, 0.2) is 23.3 Å². The van der Waals surface area contributed by atoms with Gasteiger partial charge in [-0.1, -0.05) is 37.1 Å². The van der Waals surface area contributed by atoms with Crippen molar-refractivity contribution >= 4 is 0 Å². The fourth-order valence-electron chi connectivity index (χ4n) is 7.44. The molecule has 4 aliphatic carbocycles. The SMILES string of the molecule is CO[C@@H]1CC2=CC[C@@H]3[C@H](CC[C@]4(C)C([C@H](C)N(C)C)=CC[C@@H]34)[C@@]2(C)C[C@@H]1O. The van der Waals surface area contributed by atoms with Gasteiger partial charge in [-0.15, -0.1) is 0 Å². The van der Waals surface area contributed by atoms with E-state index in [0.29, 0.717) is 17.4 Å². The predicted molar refractivity (Wildman–Crippen MR) is 111 cm³/mol. The maximum absolute atomic E-state index is 10.7. The first kappa shape index (κ1) is 19.7. The smallest absolute Gasteiger partial charge is 0.0867 e. The Morgan fingerprint density at radius 3 is 2.56 bits per heavy atom. The van der Waals surface area contributed by atoms with Crippen LogP contribution in [-0.4, -0.2) is 49.5 Å². The number of hydrogen-bond acceptors (Lipinski definition) is 3. The van der Waals surface area contributed by atoms with E-state index < -0.39 is 0 Å². The van der Waals surface area contributed by atoms with Crippen molar-refractivity contribution in [2.45, 2.75) is 77.5 Å². The first-order valence-electron chi connectivity index (χ1n) is 11.0. The van der Waals surface area contributed by atoms with Crippen LogP contribution >= 0.6 is 0 Å². The Morgan fingerprint density at radius 2 is 1.89 bits per heavy atom. The van der Waals surface area contributed by atoms with Gasteiger partial charge in [0.2, 0.25) is 0 Å². The summed E-state index contributed by atoms with van der Waals surface area (Å²) in [4.78, 5) is 2.37. The van der Waals surface area contributed by atoms with Gasteiger partial charge in [0.15, 0.2) is 0 Å². The van der Waals surface area contributed by atoms with Crippen LogP contribution < -0.4 is 0 Å². The standard InChI is InChI=1S/C24H39NO2/c1-15(25(4)5)18-9-10-19-17-8-7-16-13-22(27-6)21(26)14-24(16,3)20(17)11-12-23(18,19)2/h7,9,15,17,19-22,26H,8,10-14H2,1-6H3/t15-,17-,19-,20-,21-,22+,23+,24-/m0/s1. The van der Waals surface area contributed by atoms with Crippen molar-refractivity contribution in [1.82, 2.24) is 4.90 Å². The molecule has 2 saturated carbocycles. The monoisotopic (exact) mass is 373 g/mol. The molecule has 0 aromatic heterocycles. The quantitative estimate of drug-likeness (QED) is 0.743. The van der Waals surface area contributed by atoms with Crippen molar-refractivity contribution in [3.8, 4) is 0 Å². The summed E-state index contributed by atoms with van der Waals surface area (Å²) in [5.41, 5.74) is 3.76. The van der Waals surface area contributed by atoms with Crippen molar-refractivity contribution < 1.29 is 9.84 Å². The summed E-state index contributed by atoms with van der Waals surface area (Å²) < 4.78 is 5.58. The third-order valence-corrected chi connectivity index (χ3v) is 9.28. The van der Waals surface area contributed by atoms with Crippen molar-refractivity contribution in [2.24, 2.45) is 28.6 Å². The van der Waals surface area contributed by atoms with E-state index in [1.807, 2.05) is 0 Å². The van der Waals surface area contributed by atoms with E-state index in [9.17, 15) is 5.11 Å². The minimum atomic E-state index is -0.324. The van der Waals surface area contributed by atoms with Crippen molar-refractivity contribution in [2.75, 3.05) is 21.2 Å². The van der Waals surface area contributed by atoms with Crippen LogP contribution in [0.1, 0.15) is 59.3 Å². The average Bonchev–Trinajstić information content (AvgIpc) is 2.97. The lowest BCUT2D eigenvalue weighted by atomic mass is 9.47. The van der Waals surface area contributed by atoms with E-state index in [-0.39, 0.29) is 17.6 Å². The Balaban J connectivity index is 1.62. The number of hydrogen-bond donors (Lipinski definition) is 1. The highest BCUT2D eigenvalue weighted by Gasteiger charge is 2.58. The van der Waals surface area contributed by atoms with E-state index in [0.717, 1.165) is 24.7 Å². The number of likely N-dealkylation sites (N-methyl/N-ethyl adjacent to an activating group) is 1. The Bertz CT molecular complexity index is 653. The summed E-state index contributed by atoms with van der Waals surface area (Å²) in [5, 5.41) is 10.7. The summed E-state index contributed by atoms with van der Waals surface area (Å²) in [6, 6.07) is 0.529. The van der Waals surface area contributed by atoms with Crippen LogP contribution in [0.25, 0.3) is 0 Å². The Hall–Kier alpha value is -0.640. The molecule has 8 atom stereocenters. The number of fused-ring (bicyclic) bond motifs is 5. The summed E-state index contributed by atoms with van der Waals surface area (Å²) in [7, 11) is 6.16. The van der Waals surface area contributed by atoms with E-state index in [4.69, 9.17) is 4.74 Å². The second-order valence-corrected chi connectivity index (χ2v) is 10.5. The molecule has 0 aromatic rings. The number of methoxy groups -OCH3 is 1. The zero-order valence-electron chi connectivity index (χ0n) is 18.2. The molecule has 4 aliphatic rings. The summed E-state index contributed by atoms with van der Waals surface area (Å²) in [5.74, 6) is 2.23. The summed E-state index contributed by atoms with van der Waals surface area (Å²) in [6.07, 6.45) is 11.6. The molecule has 0 aromatic carbocycles. The van der Waals surface area contributed by atoms with Gasteiger partial charge in [-0.25, -0.2) is 0 Å². The maximum atomic E-state index is 10.7. The average molecular weight is 374 g/mol. The lowest BCUT2D eigenvalue weighted by molar-refractivity contribution is -0.0889. The molecule has 152 valence electrons. The zero-order valence-corrected chi connectivity index (χ0v) is 18.2. The highest BCUT2D eigenvalue weighted by Crippen LogP contribution is 2.65. The largest absolute Gasteiger partial charge is 0.390 e. The lowest BCUT2D eigenvalue weighted by Crippen LogP contribution is -2.53. The van der Waals surface area contributed by atoms with Crippen LogP contribution in [0.5, 0.6) is 0 Å². The fourth-order valence-corrected chi connectivity index (χ4v) is 7.44. The van der Waals surface area contributed by atoms with Gasteiger partial charge in [0.05, 0.1) is 12.2 Å². The first-order chi connectivity index (χ1) is 12.7. The van der Waals surface area contributed by atoms with Crippen LogP contribution in [0.2, 0.25) is 0 Å². The van der Waals surface area contributed by atoms with E-state index >= 15 is 0 Å². The minimum Gasteiger partial charge on any atom is -0.390 e. The molecule has 0 saturated heterocycles. The Kier molecular flexibility index (Phi) is 4.89. The van der Waals surface area contributed by atoms with Crippen molar-refractivity contribution in [3.05, 3.63) is 23.3 Å². The predicted octanol–water partition coefficient (Wildman–Crippen LogP) is 4.42. The molecule has 27 heavy (non-hydrogen) atoms. The molecular formula is C24H39NO2. The molecule has 2 fully saturated rings. The molecule has 0 radical (unpaired) electrons. The highest BCUT2D eigenvalue weighted by atomic mass is 16.5. The van der Waals surface area contributed by atoms with Gasteiger partial charge < -0.3 is 14.7 Å². The third-order valence-electron chi connectivity index (χ3n) is 9.28. The van der Waals surface area contributed by atoms with Gasteiger partial charge >= 0.3 is 0 Å². The van der Waals surface area contributed by atoms with Crippen LogP contribution in [0.4, 0.5) is 0 Å². The van der Waals surface area contributed by atoms with Gasteiger partial charge in [0, 0.05) is 13.2 Å². The normalized spacial score (nSPS) is 47.6. The topological polar surface area (TPSA) is 32.7 Å². The van der Waals surface area contributed by atoms with Gasteiger partial charge in [-0.2, -0.15) is 0 Å². The van der Waals surface area contributed by atoms with Crippen LogP contribution in [0, 0.1) is 28.6 Å². The molecule has 0 heterocycles. The molecule has 1 N–H and O–H groups in total. The fraction of sp³-hybridized carbons (Fsp3) is 0.833. The van der Waals surface area contributed by atoms with E-state index in [2.05, 4.69) is 51.9 Å². The number of ether oxygens (including phenoxy) is 1. The van der Waals surface area contributed by atoms with Gasteiger partial charge in [-0.05, 0) is 88.1 Å². The van der Waals surface area contributed by atoms with Crippen LogP contribution in [0.3, 0.4) is 0 Å². The van der Waals surface area contributed by atoms with E-state index in [1.165, 1.54) is 25.7 Å². The molecule has 3 heteroatoms. The number of nitrogens with zero attached hydrogens (tertiary/aromatic N) is 1. The molecule has 3 nitrogen and oxygen atoms in total. The van der Waals surface area contributed by atoms with Gasteiger partial charge in [-0.3, -0.25) is 0 Å².